The summed E-state index contributed by atoms with van der Waals surface area (Å²) in [7, 11) is 1.28. The van der Waals surface area contributed by atoms with Gasteiger partial charge in [-0.3, -0.25) is 9.59 Å². The van der Waals surface area contributed by atoms with E-state index in [1.165, 1.54) is 13.2 Å². The highest BCUT2D eigenvalue weighted by Crippen LogP contribution is 2.16. The van der Waals surface area contributed by atoms with Crippen LogP contribution >= 0.6 is 0 Å². The number of carbonyl (C=O) groups excluding carboxylic acids is 1. The molecule has 0 radical (unpaired) electrons. The molecule has 0 saturated carbocycles. The quantitative estimate of drug-likeness (QED) is 0.693. The number of rotatable bonds is 3. The van der Waals surface area contributed by atoms with Crippen molar-refractivity contribution in [2.75, 3.05) is 25.1 Å². The Bertz CT molecular complexity index is 463. The van der Waals surface area contributed by atoms with Gasteiger partial charge in [-0.05, 0) is 12.8 Å². The fraction of sp³-hybridized carbons (Fsp3) is 0.545. The Morgan fingerprint density at radius 1 is 1.47 bits per heavy atom. The highest BCUT2D eigenvalue weighted by Gasteiger charge is 2.14. The maximum atomic E-state index is 11.7. The van der Waals surface area contributed by atoms with E-state index in [4.69, 9.17) is 0 Å². The van der Waals surface area contributed by atoms with E-state index in [9.17, 15) is 9.59 Å². The van der Waals surface area contributed by atoms with Crippen molar-refractivity contribution in [1.29, 1.82) is 0 Å². The molecular formula is C11H15N3O3. The molecule has 92 valence electrons. The van der Waals surface area contributed by atoms with Gasteiger partial charge in [0.05, 0.1) is 19.0 Å². The molecule has 0 unspecified atom stereocenters. The van der Waals surface area contributed by atoms with Crippen LogP contribution in [-0.4, -0.2) is 35.9 Å². The van der Waals surface area contributed by atoms with E-state index in [0.717, 1.165) is 36.3 Å². The fourth-order valence-electron chi connectivity index (χ4n) is 1.88. The van der Waals surface area contributed by atoms with Crippen LogP contribution in [0.5, 0.6) is 0 Å². The molecule has 1 aliphatic heterocycles. The minimum atomic E-state index is -0.478. The number of ether oxygens (including phenoxy) is 1. The molecule has 2 heterocycles. The van der Waals surface area contributed by atoms with Crippen molar-refractivity contribution in [2.24, 2.45) is 0 Å². The summed E-state index contributed by atoms with van der Waals surface area (Å²) >= 11 is 0. The first-order valence-electron chi connectivity index (χ1n) is 5.59. The van der Waals surface area contributed by atoms with Crippen LogP contribution in [0.15, 0.2) is 17.1 Å². The minimum absolute atomic E-state index is 0.143. The van der Waals surface area contributed by atoms with Gasteiger partial charge in [-0.15, -0.1) is 0 Å². The molecule has 1 aromatic rings. The molecule has 17 heavy (non-hydrogen) atoms. The topological polar surface area (TPSA) is 64.4 Å². The number of nitrogens with zero attached hydrogens (tertiary/aromatic N) is 3. The molecule has 0 N–H and O–H groups in total. The van der Waals surface area contributed by atoms with Gasteiger partial charge in [-0.2, -0.15) is 5.10 Å². The maximum Gasteiger partial charge on any atom is 0.327 e. The van der Waals surface area contributed by atoms with E-state index in [1.807, 2.05) is 0 Å². The van der Waals surface area contributed by atoms with Crippen LogP contribution < -0.4 is 10.5 Å². The third-order valence-corrected chi connectivity index (χ3v) is 2.83. The highest BCUT2D eigenvalue weighted by atomic mass is 16.5. The van der Waals surface area contributed by atoms with E-state index in [-0.39, 0.29) is 12.1 Å². The number of hydrogen-bond acceptors (Lipinski definition) is 5. The first kappa shape index (κ1) is 11.6. The molecule has 6 heteroatoms. The van der Waals surface area contributed by atoms with E-state index in [1.54, 1.807) is 6.20 Å². The molecule has 0 aromatic carbocycles. The monoisotopic (exact) mass is 237 g/mol. The molecule has 0 amide bonds. The Labute approximate surface area is 98.8 Å². The predicted octanol–water partition coefficient (Wildman–Crippen LogP) is 0.0165. The number of methoxy groups -OCH3 is 1. The minimum Gasteiger partial charge on any atom is -0.468 e. The Morgan fingerprint density at radius 2 is 2.18 bits per heavy atom. The Kier molecular flexibility index (Phi) is 3.41. The number of anilines is 1. The van der Waals surface area contributed by atoms with Crippen LogP contribution in [0.2, 0.25) is 0 Å². The lowest BCUT2D eigenvalue weighted by Gasteiger charge is -2.16. The van der Waals surface area contributed by atoms with Gasteiger partial charge in [0, 0.05) is 19.2 Å². The van der Waals surface area contributed by atoms with Gasteiger partial charge in [0.15, 0.2) is 0 Å². The predicted molar refractivity (Wildman–Crippen MR) is 62.0 cm³/mol. The van der Waals surface area contributed by atoms with Gasteiger partial charge < -0.3 is 9.64 Å². The zero-order chi connectivity index (χ0) is 12.3. The fourth-order valence-corrected chi connectivity index (χ4v) is 1.88. The van der Waals surface area contributed by atoms with Crippen molar-refractivity contribution in [2.45, 2.75) is 19.4 Å². The average Bonchev–Trinajstić information content (AvgIpc) is 2.85. The summed E-state index contributed by atoms with van der Waals surface area (Å²) in [5.41, 5.74) is 0.549. The molecular weight excluding hydrogens is 222 g/mol. The highest BCUT2D eigenvalue weighted by molar-refractivity contribution is 5.68. The zero-order valence-corrected chi connectivity index (χ0v) is 9.76. The molecule has 1 saturated heterocycles. The number of esters is 1. The van der Waals surface area contributed by atoms with E-state index >= 15 is 0 Å². The van der Waals surface area contributed by atoms with Crippen LogP contribution in [0.1, 0.15) is 12.8 Å². The number of hydrogen-bond donors (Lipinski definition) is 0. The largest absolute Gasteiger partial charge is 0.468 e. The maximum absolute atomic E-state index is 11.7. The van der Waals surface area contributed by atoms with Crippen LogP contribution in [0.25, 0.3) is 0 Å². The van der Waals surface area contributed by atoms with Crippen LogP contribution in [-0.2, 0) is 16.1 Å². The molecule has 1 aliphatic rings. The number of carbonyl (C=O) groups is 1. The van der Waals surface area contributed by atoms with Crippen molar-refractivity contribution in [1.82, 2.24) is 9.78 Å². The van der Waals surface area contributed by atoms with Crippen molar-refractivity contribution < 1.29 is 9.53 Å². The molecule has 1 fully saturated rings. The van der Waals surface area contributed by atoms with E-state index in [0.29, 0.717) is 0 Å². The van der Waals surface area contributed by atoms with Gasteiger partial charge in [0.1, 0.15) is 6.54 Å². The van der Waals surface area contributed by atoms with E-state index < -0.39 is 5.97 Å². The SMILES string of the molecule is COC(=O)Cn1ncc(N2CCCC2)cc1=O. The second-order valence-electron chi connectivity index (χ2n) is 3.98. The lowest BCUT2D eigenvalue weighted by molar-refractivity contribution is -0.141. The van der Waals surface area contributed by atoms with Crippen molar-refractivity contribution in [3.05, 3.63) is 22.6 Å². The van der Waals surface area contributed by atoms with Gasteiger partial charge in [-0.1, -0.05) is 0 Å². The summed E-state index contributed by atoms with van der Waals surface area (Å²) in [5, 5.41) is 3.97. The lowest BCUT2D eigenvalue weighted by Crippen LogP contribution is -2.28. The molecule has 0 atom stereocenters. The molecule has 6 nitrogen and oxygen atoms in total. The summed E-state index contributed by atoms with van der Waals surface area (Å²) in [6.45, 7) is 1.78. The van der Waals surface area contributed by atoms with Crippen molar-refractivity contribution >= 4 is 11.7 Å². The van der Waals surface area contributed by atoms with Gasteiger partial charge in [0.25, 0.3) is 5.56 Å². The molecule has 0 spiro atoms. The standard InChI is InChI=1S/C11H15N3O3/c1-17-11(16)8-14-10(15)6-9(7-12-14)13-4-2-3-5-13/h6-7H,2-5,8H2,1H3. The molecule has 0 aliphatic carbocycles. The van der Waals surface area contributed by atoms with Gasteiger partial charge >= 0.3 is 5.97 Å². The average molecular weight is 237 g/mol. The smallest absolute Gasteiger partial charge is 0.327 e. The van der Waals surface area contributed by atoms with Gasteiger partial charge in [0.2, 0.25) is 0 Å². The summed E-state index contributed by atoms with van der Waals surface area (Å²) < 4.78 is 5.59. The normalized spacial score (nSPS) is 15.0. The Hall–Kier alpha value is -1.85. The summed E-state index contributed by atoms with van der Waals surface area (Å²) in [5.74, 6) is -0.478. The van der Waals surface area contributed by atoms with Crippen LogP contribution in [0, 0.1) is 0 Å². The second kappa shape index (κ2) is 4.99. The van der Waals surface area contributed by atoms with Crippen molar-refractivity contribution in [3.63, 3.8) is 0 Å². The van der Waals surface area contributed by atoms with E-state index in [2.05, 4.69) is 14.7 Å². The Morgan fingerprint density at radius 3 is 2.76 bits per heavy atom. The zero-order valence-electron chi connectivity index (χ0n) is 9.76. The second-order valence-corrected chi connectivity index (χ2v) is 3.98. The Balaban J connectivity index is 2.16. The molecule has 1 aromatic heterocycles. The van der Waals surface area contributed by atoms with Crippen molar-refractivity contribution in [3.8, 4) is 0 Å². The van der Waals surface area contributed by atoms with Gasteiger partial charge in [-0.25, -0.2) is 4.68 Å². The lowest BCUT2D eigenvalue weighted by atomic mass is 10.4. The van der Waals surface area contributed by atoms with Crippen LogP contribution in [0.4, 0.5) is 5.69 Å². The molecule has 2 rings (SSSR count). The number of aromatic nitrogens is 2. The summed E-state index contributed by atoms with van der Waals surface area (Å²) in [6.07, 6.45) is 3.91. The molecule has 0 bridgehead atoms. The summed E-state index contributed by atoms with van der Waals surface area (Å²) in [4.78, 5) is 24.9. The third kappa shape index (κ3) is 2.64. The van der Waals surface area contributed by atoms with Crippen LogP contribution in [0.3, 0.4) is 0 Å². The first-order chi connectivity index (χ1) is 8.20. The third-order valence-electron chi connectivity index (χ3n) is 2.83. The first-order valence-corrected chi connectivity index (χ1v) is 5.59. The summed E-state index contributed by atoms with van der Waals surface area (Å²) in [6, 6.07) is 1.52.